The van der Waals surface area contributed by atoms with Crippen molar-refractivity contribution in [2.24, 2.45) is 5.92 Å². The minimum absolute atomic E-state index is 0.100. The lowest BCUT2D eigenvalue weighted by atomic mass is 10.1. The molecule has 9 nitrogen and oxygen atoms in total. The summed E-state index contributed by atoms with van der Waals surface area (Å²) >= 11 is 3.39. The minimum atomic E-state index is -0.530. The number of rotatable bonds is 4. The van der Waals surface area contributed by atoms with Crippen LogP contribution in [0.3, 0.4) is 0 Å². The number of aromatic amines is 1. The van der Waals surface area contributed by atoms with Crippen LogP contribution in [0.4, 0.5) is 11.5 Å². The standard InChI is InChI=1S/C18H19BrN6O3/c19-12-4-3-5-13(9-12)25-10-11(8-14(25)26)17(27)20-16-15(21-23-22-16)18(28)24-6-1-2-7-24/h3-5,9,11H,1-2,6-8,10H2,(H2,20,21,22,23,27). The average molecular weight is 447 g/mol. The van der Waals surface area contributed by atoms with Crippen molar-refractivity contribution < 1.29 is 14.4 Å². The summed E-state index contributed by atoms with van der Waals surface area (Å²) in [7, 11) is 0. The molecule has 1 unspecified atom stereocenters. The quantitative estimate of drug-likeness (QED) is 0.743. The van der Waals surface area contributed by atoms with Crippen molar-refractivity contribution in [1.29, 1.82) is 0 Å². The maximum Gasteiger partial charge on any atom is 0.278 e. The highest BCUT2D eigenvalue weighted by Gasteiger charge is 2.36. The molecular weight excluding hydrogens is 428 g/mol. The Morgan fingerprint density at radius 3 is 2.75 bits per heavy atom. The zero-order valence-corrected chi connectivity index (χ0v) is 16.6. The number of aromatic nitrogens is 3. The van der Waals surface area contributed by atoms with E-state index in [1.807, 2.05) is 24.3 Å². The molecule has 146 valence electrons. The number of likely N-dealkylation sites (tertiary alicyclic amines) is 1. The zero-order chi connectivity index (χ0) is 19.7. The summed E-state index contributed by atoms with van der Waals surface area (Å²) in [4.78, 5) is 40.9. The van der Waals surface area contributed by atoms with Gasteiger partial charge in [0.2, 0.25) is 11.8 Å². The van der Waals surface area contributed by atoms with E-state index in [9.17, 15) is 14.4 Å². The van der Waals surface area contributed by atoms with Crippen molar-refractivity contribution >= 4 is 45.2 Å². The van der Waals surface area contributed by atoms with E-state index in [0.717, 1.165) is 23.0 Å². The van der Waals surface area contributed by atoms with Crippen LogP contribution in [0.2, 0.25) is 0 Å². The Labute approximate surface area is 169 Å². The van der Waals surface area contributed by atoms with Crippen LogP contribution >= 0.6 is 15.9 Å². The average Bonchev–Trinajstić information content (AvgIpc) is 3.42. The fourth-order valence-electron chi connectivity index (χ4n) is 3.53. The van der Waals surface area contributed by atoms with E-state index in [4.69, 9.17) is 0 Å². The zero-order valence-electron chi connectivity index (χ0n) is 15.0. The molecule has 2 aromatic rings. The minimum Gasteiger partial charge on any atom is -0.337 e. The van der Waals surface area contributed by atoms with Crippen molar-refractivity contribution in [3.8, 4) is 0 Å². The van der Waals surface area contributed by atoms with E-state index in [1.54, 1.807) is 9.80 Å². The van der Waals surface area contributed by atoms with Crippen LogP contribution in [0, 0.1) is 5.92 Å². The third kappa shape index (κ3) is 3.64. The van der Waals surface area contributed by atoms with Gasteiger partial charge in [-0.2, -0.15) is 5.21 Å². The summed E-state index contributed by atoms with van der Waals surface area (Å²) in [6, 6.07) is 7.37. The first kappa shape index (κ1) is 18.6. The van der Waals surface area contributed by atoms with Crippen LogP contribution in [-0.2, 0) is 9.59 Å². The summed E-state index contributed by atoms with van der Waals surface area (Å²) in [5, 5.41) is 12.9. The second kappa shape index (κ2) is 7.70. The number of hydrogen-bond acceptors (Lipinski definition) is 5. The van der Waals surface area contributed by atoms with Crippen LogP contribution < -0.4 is 10.2 Å². The number of benzene rings is 1. The first-order valence-corrected chi connectivity index (χ1v) is 9.89. The Bertz CT molecular complexity index is 924. The largest absolute Gasteiger partial charge is 0.337 e. The lowest BCUT2D eigenvalue weighted by Gasteiger charge is -2.17. The summed E-state index contributed by atoms with van der Waals surface area (Å²) in [5.41, 5.74) is 0.837. The molecule has 3 heterocycles. The number of H-pyrrole nitrogens is 1. The van der Waals surface area contributed by atoms with Crippen molar-refractivity contribution in [3.05, 3.63) is 34.4 Å². The molecule has 3 amide bonds. The molecule has 28 heavy (non-hydrogen) atoms. The summed E-state index contributed by atoms with van der Waals surface area (Å²) in [6.45, 7) is 1.63. The summed E-state index contributed by atoms with van der Waals surface area (Å²) < 4.78 is 0.860. The van der Waals surface area contributed by atoms with E-state index < -0.39 is 5.92 Å². The predicted molar refractivity (Wildman–Crippen MR) is 105 cm³/mol. The van der Waals surface area contributed by atoms with Gasteiger partial charge in [-0.3, -0.25) is 14.4 Å². The molecule has 10 heteroatoms. The number of carbonyl (C=O) groups excluding carboxylic acids is 3. The molecule has 0 saturated carbocycles. The molecule has 0 bridgehead atoms. The van der Waals surface area contributed by atoms with Crippen LogP contribution in [0.15, 0.2) is 28.7 Å². The van der Waals surface area contributed by atoms with Crippen LogP contribution in [0.1, 0.15) is 29.8 Å². The number of nitrogens with one attached hydrogen (secondary N) is 2. The fourth-order valence-corrected chi connectivity index (χ4v) is 3.92. The van der Waals surface area contributed by atoms with E-state index in [-0.39, 0.29) is 42.2 Å². The van der Waals surface area contributed by atoms with Gasteiger partial charge >= 0.3 is 0 Å². The fraction of sp³-hybridized carbons (Fsp3) is 0.389. The lowest BCUT2D eigenvalue weighted by Crippen LogP contribution is -2.31. The molecule has 2 N–H and O–H groups in total. The van der Waals surface area contributed by atoms with Gasteiger partial charge < -0.3 is 15.1 Å². The lowest BCUT2D eigenvalue weighted by molar-refractivity contribution is -0.122. The highest BCUT2D eigenvalue weighted by molar-refractivity contribution is 9.10. The number of halogens is 1. The van der Waals surface area contributed by atoms with E-state index in [1.165, 1.54) is 0 Å². The molecule has 2 saturated heterocycles. The topological polar surface area (TPSA) is 111 Å². The number of amides is 3. The Morgan fingerprint density at radius 2 is 2.00 bits per heavy atom. The second-order valence-corrected chi connectivity index (χ2v) is 7.81. The highest BCUT2D eigenvalue weighted by atomic mass is 79.9. The van der Waals surface area contributed by atoms with E-state index in [0.29, 0.717) is 13.1 Å². The van der Waals surface area contributed by atoms with E-state index >= 15 is 0 Å². The second-order valence-electron chi connectivity index (χ2n) is 6.89. The van der Waals surface area contributed by atoms with Gasteiger partial charge in [0.1, 0.15) is 0 Å². The van der Waals surface area contributed by atoms with Gasteiger partial charge in [0.15, 0.2) is 11.5 Å². The van der Waals surface area contributed by atoms with Gasteiger partial charge in [0, 0.05) is 36.2 Å². The summed E-state index contributed by atoms with van der Waals surface area (Å²) in [6.07, 6.45) is 2.02. The molecule has 2 aliphatic rings. The number of anilines is 2. The normalized spacial score (nSPS) is 19.3. The van der Waals surface area contributed by atoms with E-state index in [2.05, 4.69) is 36.7 Å². The molecule has 1 aromatic carbocycles. The Kier molecular flexibility index (Phi) is 5.12. The maximum atomic E-state index is 12.7. The molecular formula is C18H19BrN6O3. The van der Waals surface area contributed by atoms with Crippen molar-refractivity contribution in [2.75, 3.05) is 29.9 Å². The predicted octanol–water partition coefficient (Wildman–Crippen LogP) is 1.79. The van der Waals surface area contributed by atoms with Gasteiger partial charge in [0.25, 0.3) is 5.91 Å². The molecule has 0 spiro atoms. The number of hydrogen-bond donors (Lipinski definition) is 2. The molecule has 2 aliphatic heterocycles. The SMILES string of the molecule is O=C(Nc1n[nH]nc1C(=O)N1CCCC1)C1CC(=O)N(c2cccc(Br)c2)C1. The van der Waals surface area contributed by atoms with Gasteiger partial charge in [0.05, 0.1) is 5.92 Å². The Morgan fingerprint density at radius 1 is 1.21 bits per heavy atom. The Balaban J connectivity index is 1.44. The van der Waals surface area contributed by atoms with Crippen molar-refractivity contribution in [2.45, 2.75) is 19.3 Å². The first-order chi connectivity index (χ1) is 13.5. The molecule has 1 aromatic heterocycles. The maximum absolute atomic E-state index is 12.7. The molecule has 0 radical (unpaired) electrons. The van der Waals surface area contributed by atoms with Crippen LogP contribution in [0.5, 0.6) is 0 Å². The van der Waals surface area contributed by atoms with Crippen molar-refractivity contribution in [1.82, 2.24) is 20.3 Å². The highest BCUT2D eigenvalue weighted by Crippen LogP contribution is 2.28. The van der Waals surface area contributed by atoms with Gasteiger partial charge in [-0.05, 0) is 31.0 Å². The molecule has 0 aliphatic carbocycles. The van der Waals surface area contributed by atoms with Gasteiger partial charge in [-0.15, -0.1) is 10.2 Å². The first-order valence-electron chi connectivity index (χ1n) is 9.10. The number of nitrogens with zero attached hydrogens (tertiary/aromatic N) is 4. The smallest absolute Gasteiger partial charge is 0.278 e. The third-order valence-corrected chi connectivity index (χ3v) is 5.49. The molecule has 1 atom stereocenters. The Hall–Kier alpha value is -2.75. The summed E-state index contributed by atoms with van der Waals surface area (Å²) in [5.74, 6) is -1.14. The van der Waals surface area contributed by atoms with Gasteiger partial charge in [-0.1, -0.05) is 22.0 Å². The molecule has 4 rings (SSSR count). The monoisotopic (exact) mass is 446 g/mol. The third-order valence-electron chi connectivity index (χ3n) is 5.00. The molecule has 2 fully saturated rings. The van der Waals surface area contributed by atoms with Crippen molar-refractivity contribution in [3.63, 3.8) is 0 Å². The van der Waals surface area contributed by atoms with Crippen LogP contribution in [0.25, 0.3) is 0 Å². The van der Waals surface area contributed by atoms with Crippen LogP contribution in [-0.4, -0.2) is 57.7 Å². The number of carbonyl (C=O) groups is 3. The van der Waals surface area contributed by atoms with Gasteiger partial charge in [-0.25, -0.2) is 0 Å².